The van der Waals surface area contributed by atoms with Crippen LogP contribution in [0.15, 0.2) is 170 Å². The van der Waals surface area contributed by atoms with E-state index >= 15 is 0 Å². The van der Waals surface area contributed by atoms with Crippen molar-refractivity contribution < 1.29 is 0 Å². The molecule has 2 N–H and O–H groups in total. The topological polar surface area (TPSA) is 29.3 Å². The summed E-state index contributed by atoms with van der Waals surface area (Å²) in [5, 5.41) is 0. The van der Waals surface area contributed by atoms with Crippen LogP contribution < -0.4 is 16.1 Å². The number of hydrogen-bond donors (Lipinski definition) is 1. The zero-order valence-corrected chi connectivity index (χ0v) is 34.8. The highest BCUT2D eigenvalue weighted by Crippen LogP contribution is 2.54. The minimum absolute atomic E-state index is 0.230. The molecular weight excluding hydrogens is 711 g/mol. The summed E-state index contributed by atoms with van der Waals surface area (Å²) >= 11 is 0. The molecule has 0 fully saturated rings. The van der Waals surface area contributed by atoms with Crippen molar-refractivity contribution in [3.05, 3.63) is 198 Å². The summed E-state index contributed by atoms with van der Waals surface area (Å²) in [6.07, 6.45) is 0. The van der Waals surface area contributed by atoms with Crippen molar-refractivity contribution in [1.82, 2.24) is 0 Å². The standard InChI is InChI=1S/C56H49BN2/c1-35(2)44-34-52-47(33-45(44)41-24-13-11-20-37(41)4)54-43(26-18-28-49(54)56(5,6)48-27-15-16-29-50(48)58)46-31-39(40-23-12-10-19-36(40)3)32-53(55(46)57)59(52)51-30-17-14-25-42(51)38-21-8-7-9-22-38/h7-35H,58H2,1-6H3. The molecule has 9 rings (SSSR count). The average Bonchev–Trinajstić information content (AvgIpc) is 3.25. The number of rotatable bonds is 7. The number of anilines is 4. The summed E-state index contributed by atoms with van der Waals surface area (Å²) < 4.78 is 0. The molecule has 286 valence electrons. The quantitative estimate of drug-likeness (QED) is 0.129. The van der Waals surface area contributed by atoms with Crippen molar-refractivity contribution in [1.29, 1.82) is 0 Å². The lowest BCUT2D eigenvalue weighted by molar-refractivity contribution is 0.645. The molecule has 0 saturated carbocycles. The number of aryl methyl sites for hydroxylation is 2. The first-order chi connectivity index (χ1) is 28.5. The smallest absolute Gasteiger partial charge is 0.117 e. The molecule has 3 heteroatoms. The van der Waals surface area contributed by atoms with Crippen molar-refractivity contribution in [3.63, 3.8) is 0 Å². The van der Waals surface area contributed by atoms with Crippen LogP contribution in [0, 0.1) is 13.8 Å². The molecule has 1 aliphatic rings. The number of nitrogens with zero attached hydrogens (tertiary/aromatic N) is 1. The Morgan fingerprint density at radius 3 is 1.76 bits per heavy atom. The molecule has 1 aliphatic heterocycles. The predicted octanol–water partition coefficient (Wildman–Crippen LogP) is 14.2. The molecule has 8 aromatic carbocycles. The Morgan fingerprint density at radius 1 is 0.475 bits per heavy atom. The van der Waals surface area contributed by atoms with Gasteiger partial charge >= 0.3 is 0 Å². The number of para-hydroxylation sites is 2. The Bertz CT molecular complexity index is 2880. The molecule has 0 spiro atoms. The SMILES string of the molecule is [B]c1c2cc(-c3ccccc3C)cc1N(c1ccccc1-c1ccccc1)c1cc(C(C)C)c(-c3ccccc3C)cc1-c1c-2cccc1C(C)(C)c1ccccc1N. The summed E-state index contributed by atoms with van der Waals surface area (Å²) in [5.41, 5.74) is 28.4. The third-order valence-corrected chi connectivity index (χ3v) is 12.5. The second-order valence-electron chi connectivity index (χ2n) is 16.9. The minimum atomic E-state index is -0.481. The van der Waals surface area contributed by atoms with Gasteiger partial charge in [0.1, 0.15) is 7.85 Å². The Balaban J connectivity index is 1.50. The Kier molecular flexibility index (Phi) is 9.64. The predicted molar refractivity (Wildman–Crippen MR) is 254 cm³/mol. The molecule has 59 heavy (non-hydrogen) atoms. The second-order valence-corrected chi connectivity index (χ2v) is 16.9. The van der Waals surface area contributed by atoms with Crippen molar-refractivity contribution in [2.24, 2.45) is 0 Å². The van der Waals surface area contributed by atoms with Gasteiger partial charge in [-0.05, 0) is 128 Å². The molecule has 2 radical (unpaired) electrons. The largest absolute Gasteiger partial charge is 0.398 e. The van der Waals surface area contributed by atoms with Gasteiger partial charge in [-0.2, -0.15) is 0 Å². The maximum Gasteiger partial charge on any atom is 0.117 e. The van der Waals surface area contributed by atoms with E-state index in [1.54, 1.807) is 0 Å². The van der Waals surface area contributed by atoms with Crippen molar-refractivity contribution in [3.8, 4) is 55.6 Å². The molecule has 2 bridgehead atoms. The van der Waals surface area contributed by atoms with E-state index < -0.39 is 5.41 Å². The number of nitrogens with two attached hydrogens (primary N) is 1. The molecule has 0 saturated heterocycles. The van der Waals surface area contributed by atoms with Crippen LogP contribution in [0.3, 0.4) is 0 Å². The fraction of sp³-hybridized carbons (Fsp3) is 0.143. The zero-order valence-electron chi connectivity index (χ0n) is 34.8. The monoisotopic (exact) mass is 760 g/mol. The maximum atomic E-state index is 7.66. The van der Waals surface area contributed by atoms with Gasteiger partial charge in [-0.1, -0.05) is 167 Å². The first kappa shape index (κ1) is 38.0. The van der Waals surface area contributed by atoms with E-state index in [1.165, 1.54) is 38.9 Å². The first-order valence-electron chi connectivity index (χ1n) is 20.7. The summed E-state index contributed by atoms with van der Waals surface area (Å²) in [4.78, 5) is 2.45. The lowest BCUT2D eigenvalue weighted by Crippen LogP contribution is -2.26. The normalized spacial score (nSPS) is 12.2. The van der Waals surface area contributed by atoms with Crippen LogP contribution in [-0.2, 0) is 5.41 Å². The Labute approximate surface area is 351 Å². The van der Waals surface area contributed by atoms with Gasteiger partial charge in [-0.15, -0.1) is 0 Å². The fourth-order valence-corrected chi connectivity index (χ4v) is 9.39. The van der Waals surface area contributed by atoms with E-state index in [4.69, 9.17) is 13.6 Å². The van der Waals surface area contributed by atoms with E-state index in [0.717, 1.165) is 72.7 Å². The van der Waals surface area contributed by atoms with Crippen LogP contribution in [0.25, 0.3) is 55.6 Å². The molecule has 2 nitrogen and oxygen atoms in total. The summed E-state index contributed by atoms with van der Waals surface area (Å²) in [6.45, 7) is 13.6. The summed E-state index contributed by atoms with van der Waals surface area (Å²) in [7, 11) is 7.66. The third-order valence-electron chi connectivity index (χ3n) is 12.5. The van der Waals surface area contributed by atoms with E-state index in [1.807, 2.05) is 12.1 Å². The zero-order chi connectivity index (χ0) is 41.0. The van der Waals surface area contributed by atoms with Gasteiger partial charge in [-0.3, -0.25) is 0 Å². The number of nitrogen functional groups attached to an aromatic ring is 1. The van der Waals surface area contributed by atoms with Crippen molar-refractivity contribution in [2.75, 3.05) is 10.6 Å². The fourth-order valence-electron chi connectivity index (χ4n) is 9.39. The molecule has 0 amide bonds. The maximum absolute atomic E-state index is 7.66. The second kappa shape index (κ2) is 15.0. The summed E-state index contributed by atoms with van der Waals surface area (Å²) in [5.74, 6) is 0.230. The highest BCUT2D eigenvalue weighted by Gasteiger charge is 2.35. The van der Waals surface area contributed by atoms with Gasteiger partial charge in [0, 0.05) is 27.9 Å². The molecule has 1 heterocycles. The molecule has 0 aliphatic carbocycles. The van der Waals surface area contributed by atoms with Crippen LogP contribution >= 0.6 is 0 Å². The molecule has 0 atom stereocenters. The van der Waals surface area contributed by atoms with Crippen LogP contribution in [-0.4, -0.2) is 7.85 Å². The average molecular weight is 761 g/mol. The van der Waals surface area contributed by atoms with Gasteiger partial charge in [0.25, 0.3) is 0 Å². The Morgan fingerprint density at radius 2 is 1.07 bits per heavy atom. The number of fused-ring (bicyclic) bond motifs is 6. The van der Waals surface area contributed by atoms with Crippen molar-refractivity contribution >= 4 is 36.1 Å². The molecule has 0 aromatic heterocycles. The van der Waals surface area contributed by atoms with Crippen LogP contribution in [0.5, 0.6) is 0 Å². The molecular formula is C56H49BN2. The van der Waals surface area contributed by atoms with Gasteiger partial charge in [0.15, 0.2) is 0 Å². The van der Waals surface area contributed by atoms with Gasteiger partial charge in [0.2, 0.25) is 0 Å². The summed E-state index contributed by atoms with van der Waals surface area (Å²) in [6, 6.07) is 61.5. The van der Waals surface area contributed by atoms with Crippen LogP contribution in [0.2, 0.25) is 0 Å². The van der Waals surface area contributed by atoms with Crippen LogP contribution in [0.4, 0.5) is 22.7 Å². The van der Waals surface area contributed by atoms with Gasteiger partial charge < -0.3 is 10.6 Å². The van der Waals surface area contributed by atoms with Crippen LogP contribution in [0.1, 0.15) is 61.4 Å². The number of hydrogen-bond acceptors (Lipinski definition) is 2. The highest BCUT2D eigenvalue weighted by molar-refractivity contribution is 6.41. The molecule has 8 aromatic rings. The van der Waals surface area contributed by atoms with Gasteiger partial charge in [-0.25, -0.2) is 0 Å². The van der Waals surface area contributed by atoms with E-state index in [2.05, 4.69) is 204 Å². The van der Waals surface area contributed by atoms with Crippen molar-refractivity contribution in [2.45, 2.75) is 52.9 Å². The highest BCUT2D eigenvalue weighted by atomic mass is 15.2. The minimum Gasteiger partial charge on any atom is -0.398 e. The van der Waals surface area contributed by atoms with E-state index in [0.29, 0.717) is 0 Å². The number of benzene rings is 8. The van der Waals surface area contributed by atoms with E-state index in [9.17, 15) is 0 Å². The lowest BCUT2D eigenvalue weighted by Gasteiger charge is -2.38. The van der Waals surface area contributed by atoms with Gasteiger partial charge in [0.05, 0.1) is 11.4 Å². The lowest BCUT2D eigenvalue weighted by atomic mass is 9.70. The first-order valence-corrected chi connectivity index (χ1v) is 20.7. The third kappa shape index (κ3) is 6.46. The Hall–Kier alpha value is -6.58. The molecule has 0 unspecified atom stereocenters. The van der Waals surface area contributed by atoms with E-state index in [-0.39, 0.29) is 5.92 Å².